The molecule has 0 saturated carbocycles. The Labute approximate surface area is 235 Å². The molecule has 4 rings (SSSR count). The summed E-state index contributed by atoms with van der Waals surface area (Å²) in [4.78, 5) is 13.4. The van der Waals surface area contributed by atoms with E-state index in [1.165, 1.54) is 16.7 Å². The number of methoxy groups -OCH3 is 2. The van der Waals surface area contributed by atoms with Gasteiger partial charge in [-0.05, 0) is 108 Å². The first-order chi connectivity index (χ1) is 18.5. The van der Waals surface area contributed by atoms with Crippen molar-refractivity contribution in [3.05, 3.63) is 88.5 Å². The summed E-state index contributed by atoms with van der Waals surface area (Å²) in [6.07, 6.45) is 3.63. The van der Waals surface area contributed by atoms with E-state index in [0.717, 1.165) is 42.7 Å². The molecule has 0 aliphatic heterocycles. The number of ether oxygens (including phenoxy) is 2. The lowest BCUT2D eigenvalue weighted by molar-refractivity contribution is 0.0952. The number of benzene rings is 3. The van der Waals surface area contributed by atoms with Crippen LogP contribution in [0.1, 0.15) is 65.7 Å². The minimum absolute atomic E-state index is 0.0534. The highest BCUT2D eigenvalue weighted by Gasteiger charge is 2.38. The Morgan fingerprint density at radius 3 is 2.21 bits per heavy atom. The van der Waals surface area contributed by atoms with Crippen LogP contribution >= 0.6 is 0 Å². The van der Waals surface area contributed by atoms with Crippen molar-refractivity contribution in [1.82, 2.24) is 5.32 Å². The lowest BCUT2D eigenvalue weighted by Crippen LogP contribution is -2.43. The largest absolute Gasteiger partial charge is 0.544 e. The average Bonchev–Trinajstić information content (AvgIpc) is 2.92. The fraction of sp³-hybridized carbons (Fsp3) is 0.424. The molecule has 0 fully saturated rings. The number of hydrogen-bond donors (Lipinski definition) is 1. The fourth-order valence-corrected chi connectivity index (χ4v) is 5.96. The fourth-order valence-electron chi connectivity index (χ4n) is 4.93. The number of rotatable bonds is 9. The molecule has 3 aromatic carbocycles. The maximum atomic E-state index is 13.4. The first-order valence-electron chi connectivity index (χ1n) is 13.9. The summed E-state index contributed by atoms with van der Waals surface area (Å²) in [5.41, 5.74) is 5.63. The molecule has 1 aliphatic rings. The molecule has 0 spiro atoms. The number of carbonyl (C=O) groups excluding carboxylic acids is 1. The lowest BCUT2D eigenvalue weighted by Gasteiger charge is -2.36. The first-order valence-corrected chi connectivity index (χ1v) is 16.8. The Kier molecular flexibility index (Phi) is 8.75. The predicted molar refractivity (Wildman–Crippen MR) is 161 cm³/mol. The minimum Gasteiger partial charge on any atom is -0.544 e. The van der Waals surface area contributed by atoms with Crippen LogP contribution in [0.2, 0.25) is 18.1 Å². The number of amides is 1. The van der Waals surface area contributed by atoms with Crippen LogP contribution < -0.4 is 19.2 Å². The molecule has 0 heterocycles. The predicted octanol–water partition coefficient (Wildman–Crippen LogP) is 7.33. The van der Waals surface area contributed by atoms with Crippen molar-refractivity contribution in [1.29, 1.82) is 0 Å². The van der Waals surface area contributed by atoms with Gasteiger partial charge in [-0.2, -0.15) is 0 Å². The van der Waals surface area contributed by atoms with Gasteiger partial charge in [0.15, 0.2) is 0 Å². The molecule has 3 aromatic rings. The maximum Gasteiger partial charge on any atom is 0.251 e. The zero-order valence-corrected chi connectivity index (χ0v) is 25.5. The van der Waals surface area contributed by atoms with Gasteiger partial charge in [0.25, 0.3) is 5.91 Å². The summed E-state index contributed by atoms with van der Waals surface area (Å²) >= 11 is 0. The van der Waals surface area contributed by atoms with Gasteiger partial charge in [0.1, 0.15) is 17.2 Å². The van der Waals surface area contributed by atoms with Crippen LogP contribution in [0.25, 0.3) is 0 Å². The summed E-state index contributed by atoms with van der Waals surface area (Å²) in [5, 5.41) is 3.31. The van der Waals surface area contributed by atoms with Crippen LogP contribution in [0.15, 0.2) is 60.7 Å². The number of carbonyl (C=O) groups is 1. The van der Waals surface area contributed by atoms with E-state index in [-0.39, 0.29) is 16.9 Å². The normalized spacial score (nSPS) is 15.3. The van der Waals surface area contributed by atoms with Crippen molar-refractivity contribution in [2.75, 3.05) is 20.8 Å². The highest BCUT2D eigenvalue weighted by atomic mass is 28.4. The van der Waals surface area contributed by atoms with E-state index < -0.39 is 8.32 Å². The Morgan fingerprint density at radius 1 is 0.897 bits per heavy atom. The highest BCUT2D eigenvalue weighted by Crippen LogP contribution is 2.38. The smallest absolute Gasteiger partial charge is 0.251 e. The molecule has 0 saturated heterocycles. The topological polar surface area (TPSA) is 56.8 Å². The van der Waals surface area contributed by atoms with E-state index >= 15 is 0 Å². The Balaban J connectivity index is 1.41. The minimum atomic E-state index is -1.87. The molecule has 0 aromatic heterocycles. The molecule has 1 aliphatic carbocycles. The lowest BCUT2D eigenvalue weighted by atomic mass is 9.78. The van der Waals surface area contributed by atoms with Gasteiger partial charge in [-0.1, -0.05) is 45.0 Å². The van der Waals surface area contributed by atoms with Gasteiger partial charge in [-0.25, -0.2) is 0 Å². The van der Waals surface area contributed by atoms with Crippen LogP contribution in [0.5, 0.6) is 17.2 Å². The summed E-state index contributed by atoms with van der Waals surface area (Å²) in [6, 6.07) is 20.5. The SMILES string of the molecule is COc1ccc2c(c1)CCC(c1ccc(OC)cc1C(=O)NCCc1ccc(O[Si](C)(C)C(C)(C)C)cc1)C2. The van der Waals surface area contributed by atoms with Crippen molar-refractivity contribution in [2.24, 2.45) is 0 Å². The number of aryl methyl sites for hydroxylation is 1. The molecule has 208 valence electrons. The van der Waals surface area contributed by atoms with Crippen molar-refractivity contribution in [3.8, 4) is 17.2 Å². The Hall–Kier alpha value is -3.25. The number of hydrogen-bond acceptors (Lipinski definition) is 4. The van der Waals surface area contributed by atoms with E-state index in [1.54, 1.807) is 14.2 Å². The van der Waals surface area contributed by atoms with Crippen LogP contribution in [-0.2, 0) is 19.3 Å². The zero-order chi connectivity index (χ0) is 28.2. The van der Waals surface area contributed by atoms with E-state index in [0.29, 0.717) is 17.9 Å². The van der Waals surface area contributed by atoms with Crippen LogP contribution in [-0.4, -0.2) is 35.0 Å². The quantitative estimate of drug-likeness (QED) is 0.286. The molecule has 6 heteroatoms. The second kappa shape index (κ2) is 11.9. The van der Waals surface area contributed by atoms with Gasteiger partial charge in [-0.3, -0.25) is 4.79 Å². The highest BCUT2D eigenvalue weighted by molar-refractivity contribution is 6.74. The van der Waals surface area contributed by atoms with Crippen molar-refractivity contribution in [3.63, 3.8) is 0 Å². The third-order valence-corrected chi connectivity index (χ3v) is 12.7. The van der Waals surface area contributed by atoms with E-state index in [2.05, 4.69) is 69.5 Å². The molecule has 39 heavy (non-hydrogen) atoms. The van der Waals surface area contributed by atoms with Gasteiger partial charge in [-0.15, -0.1) is 0 Å². The molecule has 0 radical (unpaired) electrons. The van der Waals surface area contributed by atoms with Gasteiger partial charge in [0, 0.05) is 12.1 Å². The third kappa shape index (κ3) is 6.85. The van der Waals surface area contributed by atoms with Crippen molar-refractivity contribution >= 4 is 14.2 Å². The second-order valence-electron chi connectivity index (χ2n) is 12.0. The van der Waals surface area contributed by atoms with Gasteiger partial charge < -0.3 is 19.2 Å². The molecule has 1 unspecified atom stereocenters. The van der Waals surface area contributed by atoms with Crippen molar-refractivity contribution < 1.29 is 18.7 Å². The summed E-state index contributed by atoms with van der Waals surface area (Å²) in [7, 11) is 1.48. The van der Waals surface area contributed by atoms with Crippen LogP contribution in [0, 0.1) is 0 Å². The second-order valence-corrected chi connectivity index (χ2v) is 16.8. The molecule has 5 nitrogen and oxygen atoms in total. The van der Waals surface area contributed by atoms with Gasteiger partial charge in [0.05, 0.1) is 14.2 Å². The van der Waals surface area contributed by atoms with Gasteiger partial charge in [0.2, 0.25) is 8.32 Å². The standard InChI is InChI=1S/C33H43NO4Si/c1-33(2,3)39(6,7)38-27-13-8-23(9-14-27)18-19-34-32(35)31-22-29(37-5)16-17-30(31)26-11-10-25-21-28(36-4)15-12-24(25)20-26/h8-9,12-17,21-22,26H,10-11,18-20H2,1-7H3,(H,34,35). The Morgan fingerprint density at radius 2 is 1.54 bits per heavy atom. The molecule has 1 amide bonds. The summed E-state index contributed by atoms with van der Waals surface area (Å²) < 4.78 is 17.3. The van der Waals surface area contributed by atoms with Crippen LogP contribution in [0.3, 0.4) is 0 Å². The monoisotopic (exact) mass is 545 g/mol. The van der Waals surface area contributed by atoms with E-state index in [9.17, 15) is 4.79 Å². The summed E-state index contributed by atoms with van der Waals surface area (Å²) in [5.74, 6) is 2.74. The Bertz CT molecular complexity index is 1290. The third-order valence-electron chi connectivity index (χ3n) is 8.39. The van der Waals surface area contributed by atoms with Crippen molar-refractivity contribution in [2.45, 2.75) is 70.5 Å². The number of fused-ring (bicyclic) bond motifs is 1. The first kappa shape index (κ1) is 28.7. The maximum absolute atomic E-state index is 13.4. The molecular weight excluding hydrogens is 502 g/mol. The van der Waals surface area contributed by atoms with Gasteiger partial charge >= 0.3 is 0 Å². The molecular formula is C33H43NO4Si. The number of nitrogens with one attached hydrogen (secondary N) is 1. The molecule has 0 bridgehead atoms. The zero-order valence-electron chi connectivity index (χ0n) is 24.5. The van der Waals surface area contributed by atoms with E-state index in [1.807, 2.05) is 30.3 Å². The van der Waals surface area contributed by atoms with Crippen LogP contribution in [0.4, 0.5) is 0 Å². The van der Waals surface area contributed by atoms with E-state index in [4.69, 9.17) is 13.9 Å². The molecule has 1 atom stereocenters. The summed E-state index contributed by atoms with van der Waals surface area (Å²) in [6.45, 7) is 11.8. The molecule has 1 N–H and O–H groups in total. The average molecular weight is 546 g/mol.